The molecule has 1 aliphatic rings. The monoisotopic (exact) mass is 284 g/mol. The maximum Gasteiger partial charge on any atom is 0.251 e. The number of hydrogen-bond donors (Lipinski definition) is 1. The van der Waals surface area contributed by atoms with Crippen molar-refractivity contribution in [3.05, 3.63) is 15.6 Å². The van der Waals surface area contributed by atoms with Crippen LogP contribution in [0.4, 0.5) is 0 Å². The van der Waals surface area contributed by atoms with E-state index in [0.717, 1.165) is 23.5 Å². The molecule has 106 valence electrons. The third-order valence-corrected chi connectivity index (χ3v) is 4.18. The highest BCUT2D eigenvalue weighted by molar-refractivity contribution is 7.11. The van der Waals surface area contributed by atoms with Gasteiger partial charge in [0, 0.05) is 17.8 Å². The van der Waals surface area contributed by atoms with Gasteiger partial charge in [0.25, 0.3) is 5.91 Å². The Balaban J connectivity index is 1.64. The van der Waals surface area contributed by atoms with E-state index >= 15 is 0 Å². The van der Waals surface area contributed by atoms with Crippen LogP contribution in [0, 0.1) is 13.8 Å². The molecule has 0 unspecified atom stereocenters. The summed E-state index contributed by atoms with van der Waals surface area (Å²) in [6, 6.07) is 0. The predicted octanol–water partition coefficient (Wildman–Crippen LogP) is 1.22. The smallest absolute Gasteiger partial charge is 0.251 e. The normalized spacial score (nSPS) is 19.4. The lowest BCUT2D eigenvalue weighted by atomic mass is 10.3. The molecule has 1 aromatic rings. The number of amides is 1. The number of aryl methyl sites for hydroxylation is 3. The van der Waals surface area contributed by atoms with Crippen molar-refractivity contribution in [1.29, 1.82) is 0 Å². The van der Waals surface area contributed by atoms with Gasteiger partial charge in [0.15, 0.2) is 6.10 Å². The number of aromatic nitrogens is 1. The molecule has 1 aromatic heterocycles. The van der Waals surface area contributed by atoms with E-state index in [9.17, 15) is 4.79 Å². The Kier molecular flexibility index (Phi) is 5.30. The molecular formula is C13H20N2O3S. The first-order valence-electron chi connectivity index (χ1n) is 6.57. The van der Waals surface area contributed by atoms with Crippen LogP contribution in [0.5, 0.6) is 0 Å². The quantitative estimate of drug-likeness (QED) is 0.826. The largest absolute Gasteiger partial charge is 0.376 e. The fourth-order valence-corrected chi connectivity index (χ4v) is 2.83. The highest BCUT2D eigenvalue weighted by atomic mass is 32.1. The summed E-state index contributed by atoms with van der Waals surface area (Å²) in [5, 5.41) is 4.02. The summed E-state index contributed by atoms with van der Waals surface area (Å²) in [5.74, 6) is -0.0776. The van der Waals surface area contributed by atoms with Crippen molar-refractivity contribution in [2.24, 2.45) is 0 Å². The fraction of sp³-hybridized carbons (Fsp3) is 0.692. The highest BCUT2D eigenvalue weighted by Gasteiger charge is 2.21. The number of ether oxygens (including phenoxy) is 2. The summed E-state index contributed by atoms with van der Waals surface area (Å²) < 4.78 is 10.5. The van der Waals surface area contributed by atoms with E-state index < -0.39 is 6.10 Å². The molecule has 6 heteroatoms. The van der Waals surface area contributed by atoms with Crippen LogP contribution in [0.25, 0.3) is 0 Å². The Morgan fingerprint density at radius 1 is 1.47 bits per heavy atom. The van der Waals surface area contributed by atoms with E-state index in [4.69, 9.17) is 9.47 Å². The summed E-state index contributed by atoms with van der Waals surface area (Å²) in [5.41, 5.74) is 1.11. The van der Waals surface area contributed by atoms with Gasteiger partial charge in [-0.2, -0.15) is 0 Å². The second kappa shape index (κ2) is 6.98. The SMILES string of the molecule is Cc1nc(CCCNC(=O)[C@@H]2COCCO2)sc1C. The van der Waals surface area contributed by atoms with Crippen molar-refractivity contribution < 1.29 is 14.3 Å². The van der Waals surface area contributed by atoms with Gasteiger partial charge in [0.1, 0.15) is 0 Å². The van der Waals surface area contributed by atoms with Crippen LogP contribution in [-0.2, 0) is 20.7 Å². The molecule has 2 heterocycles. The van der Waals surface area contributed by atoms with Crippen LogP contribution in [0.1, 0.15) is 22.0 Å². The molecule has 19 heavy (non-hydrogen) atoms. The van der Waals surface area contributed by atoms with E-state index in [2.05, 4.69) is 17.2 Å². The summed E-state index contributed by atoms with van der Waals surface area (Å²) in [6.45, 7) is 6.19. The molecule has 1 atom stereocenters. The van der Waals surface area contributed by atoms with E-state index in [-0.39, 0.29) is 5.91 Å². The van der Waals surface area contributed by atoms with E-state index in [1.165, 1.54) is 4.88 Å². The maximum atomic E-state index is 11.7. The van der Waals surface area contributed by atoms with Gasteiger partial charge in [-0.3, -0.25) is 4.79 Å². The number of hydrogen-bond acceptors (Lipinski definition) is 5. The number of rotatable bonds is 5. The van der Waals surface area contributed by atoms with Crippen molar-refractivity contribution in [2.75, 3.05) is 26.4 Å². The number of carbonyl (C=O) groups is 1. The summed E-state index contributed by atoms with van der Waals surface area (Å²) in [6.07, 6.45) is 1.35. The second-order valence-electron chi connectivity index (χ2n) is 4.58. The van der Waals surface area contributed by atoms with Gasteiger partial charge >= 0.3 is 0 Å². The molecule has 0 aromatic carbocycles. The molecule has 1 aliphatic heterocycles. The van der Waals surface area contributed by atoms with Gasteiger partial charge in [-0.1, -0.05) is 0 Å². The molecule has 0 spiro atoms. The summed E-state index contributed by atoms with van der Waals surface area (Å²) >= 11 is 1.73. The van der Waals surface area contributed by atoms with Crippen LogP contribution in [0.2, 0.25) is 0 Å². The molecular weight excluding hydrogens is 264 g/mol. The lowest BCUT2D eigenvalue weighted by Gasteiger charge is -2.21. The molecule has 5 nitrogen and oxygen atoms in total. The minimum Gasteiger partial charge on any atom is -0.376 e. The van der Waals surface area contributed by atoms with Crippen molar-refractivity contribution in [3.63, 3.8) is 0 Å². The first-order valence-corrected chi connectivity index (χ1v) is 7.38. The zero-order chi connectivity index (χ0) is 13.7. The summed E-state index contributed by atoms with van der Waals surface area (Å²) in [7, 11) is 0. The first-order chi connectivity index (χ1) is 9.16. The molecule has 1 saturated heterocycles. The van der Waals surface area contributed by atoms with Gasteiger partial charge in [-0.15, -0.1) is 11.3 Å². The minimum atomic E-state index is -0.446. The Bertz CT molecular complexity index is 408. The molecule has 1 amide bonds. The van der Waals surface area contributed by atoms with E-state index in [1.807, 2.05) is 6.92 Å². The zero-order valence-electron chi connectivity index (χ0n) is 11.4. The number of thiazole rings is 1. The van der Waals surface area contributed by atoms with Crippen LogP contribution < -0.4 is 5.32 Å². The van der Waals surface area contributed by atoms with Gasteiger partial charge in [0.05, 0.1) is 30.5 Å². The van der Waals surface area contributed by atoms with Gasteiger partial charge < -0.3 is 14.8 Å². The highest BCUT2D eigenvalue weighted by Crippen LogP contribution is 2.17. The van der Waals surface area contributed by atoms with Gasteiger partial charge in [-0.25, -0.2) is 4.98 Å². The Hall–Kier alpha value is -0.980. The van der Waals surface area contributed by atoms with E-state index in [1.54, 1.807) is 11.3 Å². The molecule has 2 rings (SSSR count). The van der Waals surface area contributed by atoms with Gasteiger partial charge in [0.2, 0.25) is 0 Å². The van der Waals surface area contributed by atoms with Crippen molar-refractivity contribution >= 4 is 17.2 Å². The minimum absolute atomic E-state index is 0.0776. The number of carbonyl (C=O) groups excluding carboxylic acids is 1. The van der Waals surface area contributed by atoms with Crippen molar-refractivity contribution in [2.45, 2.75) is 32.8 Å². The van der Waals surface area contributed by atoms with Crippen molar-refractivity contribution in [1.82, 2.24) is 10.3 Å². The van der Waals surface area contributed by atoms with Gasteiger partial charge in [-0.05, 0) is 20.3 Å². The van der Waals surface area contributed by atoms with Crippen LogP contribution >= 0.6 is 11.3 Å². The average Bonchev–Trinajstić information content (AvgIpc) is 2.74. The molecule has 1 N–H and O–H groups in total. The standard InChI is InChI=1S/C13H20N2O3S/c1-9-10(2)19-12(15-9)4-3-5-14-13(16)11-8-17-6-7-18-11/h11H,3-8H2,1-2H3,(H,14,16)/t11-/m0/s1. The topological polar surface area (TPSA) is 60.5 Å². The third-order valence-electron chi connectivity index (χ3n) is 3.05. The lowest BCUT2D eigenvalue weighted by Crippen LogP contribution is -2.43. The fourth-order valence-electron chi connectivity index (χ4n) is 1.85. The first kappa shape index (κ1) is 14.4. The Morgan fingerprint density at radius 2 is 2.32 bits per heavy atom. The molecule has 1 fully saturated rings. The lowest BCUT2D eigenvalue weighted by molar-refractivity contribution is -0.147. The average molecular weight is 284 g/mol. The van der Waals surface area contributed by atoms with Crippen LogP contribution in [0.3, 0.4) is 0 Å². The third kappa shape index (κ3) is 4.26. The zero-order valence-corrected chi connectivity index (χ0v) is 12.2. The molecule has 0 radical (unpaired) electrons. The predicted molar refractivity (Wildman–Crippen MR) is 73.5 cm³/mol. The molecule has 0 aliphatic carbocycles. The van der Waals surface area contributed by atoms with Crippen LogP contribution in [0.15, 0.2) is 0 Å². The molecule has 0 saturated carbocycles. The van der Waals surface area contributed by atoms with E-state index in [0.29, 0.717) is 26.4 Å². The molecule has 0 bridgehead atoms. The Labute approximate surface area is 117 Å². The number of nitrogens with one attached hydrogen (secondary N) is 1. The summed E-state index contributed by atoms with van der Waals surface area (Å²) in [4.78, 5) is 17.5. The second-order valence-corrected chi connectivity index (χ2v) is 5.87. The van der Waals surface area contributed by atoms with Crippen LogP contribution in [-0.4, -0.2) is 43.4 Å². The Morgan fingerprint density at radius 3 is 2.95 bits per heavy atom. The number of nitrogens with zero attached hydrogens (tertiary/aromatic N) is 1. The van der Waals surface area contributed by atoms with Crippen molar-refractivity contribution in [3.8, 4) is 0 Å². The maximum absolute atomic E-state index is 11.7.